The SMILES string of the molecule is O=C(CN1CC(CS(=O)(=O)c2ccc(Br)cc2)C1)c1ccc(Br)cc1. The Balaban J connectivity index is 1.51. The Morgan fingerprint density at radius 3 is 2.04 bits per heavy atom. The number of benzene rings is 2. The molecule has 25 heavy (non-hydrogen) atoms. The number of Topliss-reactive ketones (excluding diaryl/α,β-unsaturated/α-hetero) is 1. The van der Waals surface area contributed by atoms with Crippen molar-refractivity contribution in [2.45, 2.75) is 4.90 Å². The number of sulfone groups is 1. The molecule has 2 aromatic rings. The third-order valence-electron chi connectivity index (χ3n) is 4.19. The van der Waals surface area contributed by atoms with Gasteiger partial charge in [0.25, 0.3) is 0 Å². The highest BCUT2D eigenvalue weighted by atomic mass is 79.9. The van der Waals surface area contributed by atoms with E-state index in [0.717, 1.165) is 8.95 Å². The molecule has 1 saturated heterocycles. The molecule has 1 heterocycles. The molecule has 3 rings (SSSR count). The maximum Gasteiger partial charge on any atom is 0.178 e. The number of rotatable bonds is 6. The van der Waals surface area contributed by atoms with Crippen molar-refractivity contribution < 1.29 is 13.2 Å². The fourth-order valence-electron chi connectivity index (χ4n) is 2.89. The molecule has 0 radical (unpaired) electrons. The third-order valence-corrected chi connectivity index (χ3v) is 7.15. The summed E-state index contributed by atoms with van der Waals surface area (Å²) in [5.74, 6) is 0.255. The second-order valence-corrected chi connectivity index (χ2v) is 10.1. The Morgan fingerprint density at radius 2 is 1.48 bits per heavy atom. The molecule has 0 atom stereocenters. The molecule has 132 valence electrons. The van der Waals surface area contributed by atoms with Crippen molar-refractivity contribution in [1.29, 1.82) is 0 Å². The summed E-state index contributed by atoms with van der Waals surface area (Å²) in [5.41, 5.74) is 0.675. The predicted octanol–water partition coefficient (Wildman–Crippen LogP) is 3.80. The van der Waals surface area contributed by atoms with Crippen molar-refractivity contribution in [2.24, 2.45) is 5.92 Å². The second-order valence-electron chi connectivity index (χ2n) is 6.23. The Bertz CT molecular complexity index is 858. The van der Waals surface area contributed by atoms with Gasteiger partial charge in [0, 0.05) is 27.6 Å². The lowest BCUT2D eigenvalue weighted by Crippen LogP contribution is -2.51. The summed E-state index contributed by atoms with van der Waals surface area (Å²) in [6.07, 6.45) is 0. The summed E-state index contributed by atoms with van der Waals surface area (Å²) in [4.78, 5) is 14.6. The molecule has 0 saturated carbocycles. The molecule has 4 nitrogen and oxygen atoms in total. The summed E-state index contributed by atoms with van der Waals surface area (Å²) in [7, 11) is -3.28. The number of halogens is 2. The number of ketones is 1. The van der Waals surface area contributed by atoms with E-state index in [2.05, 4.69) is 31.9 Å². The normalized spacial score (nSPS) is 15.8. The van der Waals surface area contributed by atoms with Gasteiger partial charge in [-0.25, -0.2) is 8.42 Å². The van der Waals surface area contributed by atoms with Gasteiger partial charge < -0.3 is 0 Å². The van der Waals surface area contributed by atoms with Gasteiger partial charge in [0.05, 0.1) is 17.2 Å². The van der Waals surface area contributed by atoms with Crippen LogP contribution >= 0.6 is 31.9 Å². The number of hydrogen-bond acceptors (Lipinski definition) is 4. The minimum absolute atomic E-state index is 0.0571. The Hall–Kier alpha value is -1.02. The summed E-state index contributed by atoms with van der Waals surface area (Å²) >= 11 is 6.65. The molecule has 1 aliphatic heterocycles. The zero-order valence-electron chi connectivity index (χ0n) is 13.4. The van der Waals surface area contributed by atoms with E-state index in [-0.39, 0.29) is 17.5 Å². The fourth-order valence-corrected chi connectivity index (χ4v) is 4.99. The average molecular weight is 487 g/mol. The minimum Gasteiger partial charge on any atom is -0.295 e. The Morgan fingerprint density at radius 1 is 0.960 bits per heavy atom. The summed E-state index contributed by atoms with van der Waals surface area (Å²) < 4.78 is 26.6. The van der Waals surface area contributed by atoms with Gasteiger partial charge in [-0.1, -0.05) is 44.0 Å². The molecule has 0 N–H and O–H groups in total. The number of likely N-dealkylation sites (tertiary alicyclic amines) is 1. The van der Waals surface area contributed by atoms with Crippen molar-refractivity contribution in [3.8, 4) is 0 Å². The van der Waals surface area contributed by atoms with Crippen molar-refractivity contribution in [2.75, 3.05) is 25.4 Å². The third kappa shape index (κ3) is 4.78. The average Bonchev–Trinajstić information content (AvgIpc) is 2.53. The predicted molar refractivity (Wildman–Crippen MR) is 105 cm³/mol. The second kappa shape index (κ2) is 7.70. The zero-order chi connectivity index (χ0) is 18.0. The fraction of sp³-hybridized carbons (Fsp3) is 0.278. The van der Waals surface area contributed by atoms with E-state index in [1.165, 1.54) is 0 Å². The first-order valence-electron chi connectivity index (χ1n) is 7.83. The largest absolute Gasteiger partial charge is 0.295 e. The lowest BCUT2D eigenvalue weighted by Gasteiger charge is -2.38. The molecular formula is C18H17Br2NO3S. The van der Waals surface area contributed by atoms with Crippen LogP contribution in [0.1, 0.15) is 10.4 Å². The van der Waals surface area contributed by atoms with Gasteiger partial charge in [-0.3, -0.25) is 9.69 Å². The van der Waals surface area contributed by atoms with Crippen LogP contribution in [-0.2, 0) is 9.84 Å². The van der Waals surface area contributed by atoms with E-state index in [9.17, 15) is 13.2 Å². The molecule has 0 aromatic heterocycles. The van der Waals surface area contributed by atoms with E-state index in [1.54, 1.807) is 36.4 Å². The molecule has 0 amide bonds. The quantitative estimate of drug-likeness (QED) is 0.582. The lowest BCUT2D eigenvalue weighted by molar-refractivity contribution is 0.0771. The monoisotopic (exact) mass is 485 g/mol. The molecule has 0 bridgehead atoms. The summed E-state index contributed by atoms with van der Waals surface area (Å²) in [5, 5.41) is 0. The Labute approximate surface area is 164 Å². The first kappa shape index (κ1) is 18.8. The molecule has 0 unspecified atom stereocenters. The van der Waals surface area contributed by atoms with E-state index < -0.39 is 9.84 Å². The topological polar surface area (TPSA) is 54.5 Å². The first-order valence-corrected chi connectivity index (χ1v) is 11.1. The van der Waals surface area contributed by atoms with Gasteiger partial charge in [-0.2, -0.15) is 0 Å². The highest BCUT2D eigenvalue weighted by molar-refractivity contribution is 9.10. The zero-order valence-corrected chi connectivity index (χ0v) is 17.3. The number of hydrogen-bond donors (Lipinski definition) is 0. The molecule has 1 fully saturated rings. The van der Waals surface area contributed by atoms with Crippen LogP contribution in [0.4, 0.5) is 0 Å². The highest BCUT2D eigenvalue weighted by Crippen LogP contribution is 2.23. The van der Waals surface area contributed by atoms with Gasteiger partial charge in [-0.15, -0.1) is 0 Å². The van der Waals surface area contributed by atoms with Crippen molar-refractivity contribution >= 4 is 47.5 Å². The van der Waals surface area contributed by atoms with Crippen LogP contribution in [-0.4, -0.2) is 44.5 Å². The summed E-state index contributed by atoms with van der Waals surface area (Å²) in [6.45, 7) is 1.60. The maximum absolute atomic E-state index is 12.4. The van der Waals surface area contributed by atoms with Gasteiger partial charge in [-0.05, 0) is 42.3 Å². The van der Waals surface area contributed by atoms with Crippen LogP contribution in [0.25, 0.3) is 0 Å². The van der Waals surface area contributed by atoms with Gasteiger partial charge in [0.1, 0.15) is 0 Å². The highest BCUT2D eigenvalue weighted by Gasteiger charge is 2.32. The maximum atomic E-state index is 12.4. The van der Waals surface area contributed by atoms with Crippen LogP contribution in [0.5, 0.6) is 0 Å². The van der Waals surface area contributed by atoms with Crippen molar-refractivity contribution in [3.63, 3.8) is 0 Å². The smallest absolute Gasteiger partial charge is 0.178 e. The summed E-state index contributed by atoms with van der Waals surface area (Å²) in [6, 6.07) is 14.0. The first-order chi connectivity index (χ1) is 11.8. The van der Waals surface area contributed by atoms with Gasteiger partial charge in [0.2, 0.25) is 0 Å². The number of carbonyl (C=O) groups is 1. The van der Waals surface area contributed by atoms with E-state index in [1.807, 2.05) is 17.0 Å². The van der Waals surface area contributed by atoms with Crippen LogP contribution < -0.4 is 0 Å². The Kier molecular flexibility index (Phi) is 5.78. The molecule has 0 spiro atoms. The van der Waals surface area contributed by atoms with Crippen molar-refractivity contribution in [3.05, 3.63) is 63.0 Å². The van der Waals surface area contributed by atoms with Gasteiger partial charge in [0.15, 0.2) is 15.6 Å². The van der Waals surface area contributed by atoms with E-state index in [4.69, 9.17) is 0 Å². The number of carbonyl (C=O) groups excluding carboxylic acids is 1. The standard InChI is InChI=1S/C18H17Br2NO3S/c19-15-3-1-14(2-4-15)18(22)11-21-9-13(10-21)12-25(23,24)17-7-5-16(20)6-8-17/h1-8,13H,9-12H2. The van der Waals surface area contributed by atoms with Crippen LogP contribution in [0.15, 0.2) is 62.4 Å². The van der Waals surface area contributed by atoms with Crippen LogP contribution in [0, 0.1) is 5.92 Å². The van der Waals surface area contributed by atoms with Gasteiger partial charge >= 0.3 is 0 Å². The van der Waals surface area contributed by atoms with Crippen LogP contribution in [0.2, 0.25) is 0 Å². The molecule has 0 aliphatic carbocycles. The number of nitrogens with zero attached hydrogens (tertiary/aromatic N) is 1. The molecular weight excluding hydrogens is 470 g/mol. The van der Waals surface area contributed by atoms with Crippen LogP contribution in [0.3, 0.4) is 0 Å². The lowest BCUT2D eigenvalue weighted by atomic mass is 10.0. The molecule has 2 aromatic carbocycles. The molecule has 1 aliphatic rings. The van der Waals surface area contributed by atoms with Crippen molar-refractivity contribution in [1.82, 2.24) is 4.90 Å². The molecule has 7 heteroatoms. The van der Waals surface area contributed by atoms with E-state index >= 15 is 0 Å². The van der Waals surface area contributed by atoms with E-state index in [0.29, 0.717) is 30.1 Å². The minimum atomic E-state index is -3.28.